The molecule has 4 rings (SSSR count). The van der Waals surface area contributed by atoms with Gasteiger partial charge < -0.3 is 14.7 Å². The van der Waals surface area contributed by atoms with Crippen LogP contribution in [0.1, 0.15) is 40.7 Å². The standard InChI is InChI=1S/C25H26F3N5O2/c26-25(27,28)21-6-4-18(5-7-21)23(34)33-13-8-19(9-14-33)24(35)32-12-2-11-31(15-16-32)22-20(17-29)3-1-10-30-22/h1,3-7,10,19H,2,8-9,11-16H2. The molecule has 10 heteroatoms. The van der Waals surface area contributed by atoms with Gasteiger partial charge in [0.1, 0.15) is 11.9 Å². The number of nitrogens with zero attached hydrogens (tertiary/aromatic N) is 5. The summed E-state index contributed by atoms with van der Waals surface area (Å²) in [4.78, 5) is 35.7. The first-order valence-corrected chi connectivity index (χ1v) is 11.6. The van der Waals surface area contributed by atoms with Gasteiger partial charge >= 0.3 is 6.18 Å². The topological polar surface area (TPSA) is 80.5 Å². The number of anilines is 1. The fourth-order valence-corrected chi connectivity index (χ4v) is 4.66. The number of carbonyl (C=O) groups is 2. The lowest BCUT2D eigenvalue weighted by Gasteiger charge is -2.34. The Bertz CT molecular complexity index is 1110. The highest BCUT2D eigenvalue weighted by atomic mass is 19.4. The molecule has 2 fully saturated rings. The number of halogens is 3. The van der Waals surface area contributed by atoms with Crippen LogP contribution in [0.5, 0.6) is 0 Å². The number of carbonyl (C=O) groups excluding carboxylic acids is 2. The van der Waals surface area contributed by atoms with Gasteiger partial charge in [-0.3, -0.25) is 9.59 Å². The minimum atomic E-state index is -4.44. The smallest absolute Gasteiger partial charge is 0.354 e. The highest BCUT2D eigenvalue weighted by Crippen LogP contribution is 2.30. The van der Waals surface area contributed by atoms with E-state index in [1.165, 1.54) is 12.1 Å². The van der Waals surface area contributed by atoms with Crippen LogP contribution in [0.4, 0.5) is 19.0 Å². The normalized spacial score (nSPS) is 17.6. The molecule has 35 heavy (non-hydrogen) atoms. The van der Waals surface area contributed by atoms with Gasteiger partial charge in [-0.1, -0.05) is 0 Å². The van der Waals surface area contributed by atoms with Crippen LogP contribution in [0.25, 0.3) is 0 Å². The number of rotatable bonds is 3. The van der Waals surface area contributed by atoms with E-state index in [2.05, 4.69) is 11.1 Å². The molecule has 2 aliphatic rings. The van der Waals surface area contributed by atoms with Crippen molar-refractivity contribution in [3.05, 3.63) is 59.3 Å². The van der Waals surface area contributed by atoms with Crippen LogP contribution in [0, 0.1) is 17.2 Å². The fourth-order valence-electron chi connectivity index (χ4n) is 4.66. The molecule has 0 N–H and O–H groups in total. The van der Waals surface area contributed by atoms with Crippen LogP contribution >= 0.6 is 0 Å². The van der Waals surface area contributed by atoms with Gasteiger partial charge in [0.15, 0.2) is 0 Å². The van der Waals surface area contributed by atoms with Crippen molar-refractivity contribution in [2.75, 3.05) is 44.2 Å². The molecule has 0 saturated carbocycles. The van der Waals surface area contributed by atoms with E-state index in [1.54, 1.807) is 23.2 Å². The molecule has 2 saturated heterocycles. The summed E-state index contributed by atoms with van der Waals surface area (Å²) < 4.78 is 38.3. The fraction of sp³-hybridized carbons (Fsp3) is 0.440. The predicted octanol–water partition coefficient (Wildman–Crippen LogP) is 3.56. The number of benzene rings is 1. The third-order valence-corrected chi connectivity index (χ3v) is 6.60. The third kappa shape index (κ3) is 5.56. The highest BCUT2D eigenvalue weighted by Gasteiger charge is 2.33. The average molecular weight is 486 g/mol. The van der Waals surface area contributed by atoms with Crippen LogP contribution in [-0.4, -0.2) is 65.9 Å². The van der Waals surface area contributed by atoms with Crippen molar-refractivity contribution in [3.8, 4) is 6.07 Å². The number of nitriles is 1. The number of amides is 2. The average Bonchev–Trinajstić information content (AvgIpc) is 3.14. The van der Waals surface area contributed by atoms with Crippen molar-refractivity contribution in [2.45, 2.75) is 25.4 Å². The van der Waals surface area contributed by atoms with Crippen molar-refractivity contribution in [1.82, 2.24) is 14.8 Å². The van der Waals surface area contributed by atoms with Gasteiger partial charge in [0.25, 0.3) is 5.91 Å². The monoisotopic (exact) mass is 485 g/mol. The largest absolute Gasteiger partial charge is 0.416 e. The molecule has 1 aromatic carbocycles. The molecule has 0 unspecified atom stereocenters. The summed E-state index contributed by atoms with van der Waals surface area (Å²) in [5.41, 5.74) is -0.0692. The van der Waals surface area contributed by atoms with Crippen LogP contribution in [0.15, 0.2) is 42.6 Å². The maximum atomic E-state index is 13.2. The molecule has 0 bridgehead atoms. The summed E-state index contributed by atoms with van der Waals surface area (Å²) in [7, 11) is 0. The number of aromatic nitrogens is 1. The van der Waals surface area contributed by atoms with E-state index in [1.807, 2.05) is 9.80 Å². The van der Waals surface area contributed by atoms with Gasteiger partial charge in [0.2, 0.25) is 5.91 Å². The quantitative estimate of drug-likeness (QED) is 0.664. The van der Waals surface area contributed by atoms with Crippen molar-refractivity contribution < 1.29 is 22.8 Å². The van der Waals surface area contributed by atoms with Crippen LogP contribution < -0.4 is 4.90 Å². The molecule has 0 atom stereocenters. The molecule has 1 aromatic heterocycles. The van der Waals surface area contributed by atoms with Gasteiger partial charge in [-0.25, -0.2) is 4.98 Å². The first-order valence-electron chi connectivity index (χ1n) is 11.6. The lowest BCUT2D eigenvalue weighted by Crippen LogP contribution is -2.45. The Kier molecular flexibility index (Phi) is 7.24. The molecule has 2 aliphatic heterocycles. The van der Waals surface area contributed by atoms with E-state index in [0.717, 1.165) is 18.6 Å². The van der Waals surface area contributed by atoms with E-state index in [9.17, 15) is 28.0 Å². The lowest BCUT2D eigenvalue weighted by atomic mass is 9.94. The van der Waals surface area contributed by atoms with Crippen molar-refractivity contribution in [1.29, 1.82) is 5.26 Å². The van der Waals surface area contributed by atoms with E-state index in [-0.39, 0.29) is 23.3 Å². The molecule has 7 nitrogen and oxygen atoms in total. The Morgan fingerprint density at radius 3 is 2.31 bits per heavy atom. The summed E-state index contributed by atoms with van der Waals surface area (Å²) in [6.07, 6.45) is -0.989. The maximum absolute atomic E-state index is 13.2. The Morgan fingerprint density at radius 1 is 0.943 bits per heavy atom. The van der Waals surface area contributed by atoms with Crippen LogP contribution in [-0.2, 0) is 11.0 Å². The predicted molar refractivity (Wildman–Crippen MR) is 122 cm³/mol. The summed E-state index contributed by atoms with van der Waals surface area (Å²) in [6.45, 7) is 3.21. The molecule has 3 heterocycles. The Balaban J connectivity index is 1.31. The number of alkyl halides is 3. The Labute approximate surface area is 201 Å². The Morgan fingerprint density at radius 2 is 1.66 bits per heavy atom. The van der Waals surface area contributed by atoms with Gasteiger partial charge in [0.05, 0.1) is 11.1 Å². The molecule has 0 aliphatic carbocycles. The summed E-state index contributed by atoms with van der Waals surface area (Å²) in [5.74, 6) is 0.191. The van der Waals surface area contributed by atoms with Crippen LogP contribution in [0.3, 0.4) is 0 Å². The zero-order valence-corrected chi connectivity index (χ0v) is 19.2. The second kappa shape index (κ2) is 10.3. The number of pyridine rings is 1. The molecule has 2 aromatic rings. The van der Waals surface area contributed by atoms with E-state index < -0.39 is 11.7 Å². The van der Waals surface area contributed by atoms with Gasteiger partial charge in [-0.15, -0.1) is 0 Å². The summed E-state index contributed by atoms with van der Waals surface area (Å²) >= 11 is 0. The minimum Gasteiger partial charge on any atom is -0.354 e. The van der Waals surface area contributed by atoms with Crippen molar-refractivity contribution in [2.24, 2.45) is 5.92 Å². The molecule has 2 amide bonds. The minimum absolute atomic E-state index is 0.0648. The van der Waals surface area contributed by atoms with E-state index in [0.29, 0.717) is 63.5 Å². The summed E-state index contributed by atoms with van der Waals surface area (Å²) in [5, 5.41) is 9.35. The van der Waals surface area contributed by atoms with Crippen molar-refractivity contribution in [3.63, 3.8) is 0 Å². The number of likely N-dealkylation sites (tertiary alicyclic amines) is 1. The zero-order valence-electron chi connectivity index (χ0n) is 19.2. The molecule has 0 radical (unpaired) electrons. The Hall–Kier alpha value is -3.61. The summed E-state index contributed by atoms with van der Waals surface area (Å²) in [6, 6.07) is 9.85. The zero-order chi connectivity index (χ0) is 25.0. The van der Waals surface area contributed by atoms with E-state index >= 15 is 0 Å². The van der Waals surface area contributed by atoms with Gasteiger partial charge in [-0.05, 0) is 55.7 Å². The van der Waals surface area contributed by atoms with E-state index in [4.69, 9.17) is 0 Å². The highest BCUT2D eigenvalue weighted by molar-refractivity contribution is 5.94. The first-order chi connectivity index (χ1) is 16.8. The lowest BCUT2D eigenvalue weighted by molar-refractivity contribution is -0.138. The second-order valence-electron chi connectivity index (χ2n) is 8.79. The molecule has 184 valence electrons. The molecular weight excluding hydrogens is 459 g/mol. The number of hydrogen-bond donors (Lipinski definition) is 0. The first kappa shape index (κ1) is 24.5. The number of hydrogen-bond acceptors (Lipinski definition) is 5. The third-order valence-electron chi connectivity index (χ3n) is 6.60. The maximum Gasteiger partial charge on any atom is 0.416 e. The molecular formula is C25H26F3N5O2. The van der Waals surface area contributed by atoms with Crippen molar-refractivity contribution >= 4 is 17.6 Å². The number of piperidine rings is 1. The molecule has 0 spiro atoms. The van der Waals surface area contributed by atoms with Gasteiger partial charge in [-0.2, -0.15) is 18.4 Å². The van der Waals surface area contributed by atoms with Crippen LogP contribution in [0.2, 0.25) is 0 Å². The SMILES string of the molecule is N#Cc1cccnc1N1CCCN(C(=O)C2CCN(C(=O)c3ccc(C(F)(F)F)cc3)CC2)CC1. The van der Waals surface area contributed by atoms with Gasteiger partial charge in [0, 0.05) is 56.9 Å². The second-order valence-corrected chi connectivity index (χ2v) is 8.79.